The van der Waals surface area contributed by atoms with E-state index in [0.29, 0.717) is 5.69 Å². The van der Waals surface area contributed by atoms with E-state index in [0.717, 1.165) is 0 Å². The number of nitrogens with two attached hydrogens (primary N) is 1. The van der Waals surface area contributed by atoms with Gasteiger partial charge >= 0.3 is 0 Å². The van der Waals surface area contributed by atoms with Gasteiger partial charge in [-0.1, -0.05) is 12.5 Å². The van der Waals surface area contributed by atoms with Crippen molar-refractivity contribution in [3.05, 3.63) is 30.1 Å². The SMILES string of the molecule is C1CCNCC1.NC(=O)c1ccccn1. The van der Waals surface area contributed by atoms with Crippen LogP contribution in [-0.4, -0.2) is 24.0 Å². The van der Waals surface area contributed by atoms with Crippen molar-refractivity contribution in [1.29, 1.82) is 0 Å². The number of pyridine rings is 1. The highest BCUT2D eigenvalue weighted by molar-refractivity contribution is 5.90. The van der Waals surface area contributed by atoms with E-state index in [4.69, 9.17) is 5.73 Å². The van der Waals surface area contributed by atoms with Gasteiger partial charge in [-0.15, -0.1) is 0 Å². The molecule has 0 saturated carbocycles. The van der Waals surface area contributed by atoms with Crippen LogP contribution < -0.4 is 11.1 Å². The number of rotatable bonds is 1. The highest BCUT2D eigenvalue weighted by Gasteiger charge is 1.96. The van der Waals surface area contributed by atoms with Crippen molar-refractivity contribution in [2.24, 2.45) is 5.73 Å². The van der Waals surface area contributed by atoms with E-state index in [2.05, 4.69) is 10.3 Å². The molecule has 1 aromatic heterocycles. The summed E-state index contributed by atoms with van der Waals surface area (Å²) in [6, 6.07) is 5.02. The zero-order chi connectivity index (χ0) is 10.9. The van der Waals surface area contributed by atoms with Gasteiger partial charge in [0, 0.05) is 6.20 Å². The van der Waals surface area contributed by atoms with Crippen LogP contribution in [0, 0.1) is 0 Å². The zero-order valence-corrected chi connectivity index (χ0v) is 8.78. The van der Waals surface area contributed by atoms with Crippen LogP contribution in [0.5, 0.6) is 0 Å². The third-order valence-electron chi connectivity index (χ3n) is 2.12. The molecule has 1 aromatic rings. The fraction of sp³-hybridized carbons (Fsp3) is 0.455. The van der Waals surface area contributed by atoms with Crippen LogP contribution in [0.1, 0.15) is 29.8 Å². The Bertz CT molecular complexity index is 272. The molecular weight excluding hydrogens is 190 g/mol. The van der Waals surface area contributed by atoms with Crippen LogP contribution in [0.4, 0.5) is 0 Å². The molecule has 3 N–H and O–H groups in total. The van der Waals surface area contributed by atoms with Crippen LogP contribution in [0.15, 0.2) is 24.4 Å². The van der Waals surface area contributed by atoms with Crippen molar-refractivity contribution in [3.8, 4) is 0 Å². The number of amides is 1. The summed E-state index contributed by atoms with van der Waals surface area (Å²) in [5.74, 6) is -0.490. The second-order valence-corrected chi connectivity index (χ2v) is 3.39. The Balaban J connectivity index is 0.000000162. The molecule has 1 aliphatic heterocycles. The molecule has 0 aromatic carbocycles. The zero-order valence-electron chi connectivity index (χ0n) is 8.78. The van der Waals surface area contributed by atoms with Crippen molar-refractivity contribution in [2.45, 2.75) is 19.3 Å². The topological polar surface area (TPSA) is 68.0 Å². The molecule has 15 heavy (non-hydrogen) atoms. The Morgan fingerprint density at radius 2 is 2.00 bits per heavy atom. The molecule has 0 radical (unpaired) electrons. The maximum atomic E-state index is 10.4. The standard InChI is InChI=1S/C6H6N2O.C5H11N/c7-6(9)5-3-1-2-4-8-5;1-2-4-6-5-3-1/h1-4H,(H2,7,9);6H,1-5H2. The fourth-order valence-electron chi connectivity index (χ4n) is 1.31. The smallest absolute Gasteiger partial charge is 0.267 e. The van der Waals surface area contributed by atoms with E-state index in [1.165, 1.54) is 38.5 Å². The van der Waals surface area contributed by atoms with E-state index < -0.39 is 5.91 Å². The minimum atomic E-state index is -0.490. The van der Waals surface area contributed by atoms with Crippen LogP contribution in [-0.2, 0) is 0 Å². The Labute approximate surface area is 89.9 Å². The molecule has 2 rings (SSSR count). The molecular formula is C11H17N3O. The molecule has 0 unspecified atom stereocenters. The lowest BCUT2D eigenvalue weighted by Crippen LogP contribution is -2.21. The average molecular weight is 207 g/mol. The molecule has 1 saturated heterocycles. The van der Waals surface area contributed by atoms with Crippen LogP contribution in [0.25, 0.3) is 0 Å². The van der Waals surface area contributed by atoms with Gasteiger partial charge in [-0.25, -0.2) is 0 Å². The number of primary amides is 1. The second-order valence-electron chi connectivity index (χ2n) is 3.39. The first-order valence-corrected chi connectivity index (χ1v) is 5.22. The monoisotopic (exact) mass is 207 g/mol. The second kappa shape index (κ2) is 6.95. The molecule has 4 nitrogen and oxygen atoms in total. The van der Waals surface area contributed by atoms with Crippen LogP contribution in [0.2, 0.25) is 0 Å². The summed E-state index contributed by atoms with van der Waals surface area (Å²) >= 11 is 0. The summed E-state index contributed by atoms with van der Waals surface area (Å²) in [5, 5.41) is 3.28. The Morgan fingerprint density at radius 1 is 1.27 bits per heavy atom. The Kier molecular flexibility index (Phi) is 5.40. The molecule has 82 valence electrons. The molecule has 0 bridgehead atoms. The first-order valence-electron chi connectivity index (χ1n) is 5.22. The Morgan fingerprint density at radius 3 is 2.27 bits per heavy atom. The molecule has 1 fully saturated rings. The summed E-state index contributed by atoms with van der Waals surface area (Å²) in [6.45, 7) is 2.50. The van der Waals surface area contributed by atoms with Gasteiger partial charge < -0.3 is 11.1 Å². The lowest BCUT2D eigenvalue weighted by Gasteiger charge is -2.08. The quantitative estimate of drug-likeness (QED) is 0.720. The van der Waals surface area contributed by atoms with E-state index in [1.807, 2.05) is 0 Å². The average Bonchev–Trinajstić information content (AvgIpc) is 2.33. The minimum Gasteiger partial charge on any atom is -0.364 e. The lowest BCUT2D eigenvalue weighted by atomic mass is 10.2. The van der Waals surface area contributed by atoms with Crippen molar-refractivity contribution in [1.82, 2.24) is 10.3 Å². The van der Waals surface area contributed by atoms with Gasteiger partial charge in [-0.2, -0.15) is 0 Å². The van der Waals surface area contributed by atoms with E-state index in [1.54, 1.807) is 18.2 Å². The van der Waals surface area contributed by atoms with E-state index >= 15 is 0 Å². The lowest BCUT2D eigenvalue weighted by molar-refractivity contribution is 0.0995. The number of carbonyl (C=O) groups excluding carboxylic acids is 1. The normalized spacial score (nSPS) is 14.9. The molecule has 4 heteroatoms. The first-order chi connectivity index (χ1) is 7.30. The number of piperidine rings is 1. The third kappa shape index (κ3) is 5.12. The van der Waals surface area contributed by atoms with Gasteiger partial charge in [0.15, 0.2) is 0 Å². The third-order valence-corrected chi connectivity index (χ3v) is 2.12. The van der Waals surface area contributed by atoms with E-state index in [-0.39, 0.29) is 0 Å². The number of hydrogen-bond donors (Lipinski definition) is 2. The molecule has 0 spiro atoms. The highest BCUT2D eigenvalue weighted by atomic mass is 16.1. The van der Waals surface area contributed by atoms with Gasteiger partial charge in [0.25, 0.3) is 5.91 Å². The minimum absolute atomic E-state index is 0.303. The van der Waals surface area contributed by atoms with Gasteiger partial charge in [-0.3, -0.25) is 9.78 Å². The maximum Gasteiger partial charge on any atom is 0.267 e. The van der Waals surface area contributed by atoms with Crippen LogP contribution >= 0.6 is 0 Å². The van der Waals surface area contributed by atoms with Crippen molar-refractivity contribution in [2.75, 3.05) is 13.1 Å². The largest absolute Gasteiger partial charge is 0.364 e. The van der Waals surface area contributed by atoms with Gasteiger partial charge in [0.1, 0.15) is 5.69 Å². The predicted molar refractivity (Wildman–Crippen MR) is 59.5 cm³/mol. The fourth-order valence-corrected chi connectivity index (χ4v) is 1.31. The number of aromatic nitrogens is 1. The van der Waals surface area contributed by atoms with Crippen molar-refractivity contribution in [3.63, 3.8) is 0 Å². The molecule has 1 amide bonds. The molecule has 0 atom stereocenters. The Hall–Kier alpha value is -1.42. The van der Waals surface area contributed by atoms with Crippen molar-refractivity contribution < 1.29 is 4.79 Å². The van der Waals surface area contributed by atoms with Crippen molar-refractivity contribution >= 4 is 5.91 Å². The summed E-state index contributed by atoms with van der Waals surface area (Å²) in [4.78, 5) is 14.1. The summed E-state index contributed by atoms with van der Waals surface area (Å²) in [5.41, 5.74) is 5.22. The van der Waals surface area contributed by atoms with Gasteiger partial charge in [0.05, 0.1) is 0 Å². The number of nitrogens with one attached hydrogen (secondary N) is 1. The number of nitrogens with zero attached hydrogens (tertiary/aromatic N) is 1. The van der Waals surface area contributed by atoms with Crippen LogP contribution in [0.3, 0.4) is 0 Å². The predicted octanol–water partition coefficient (Wildman–Crippen LogP) is 0.940. The molecule has 1 aliphatic rings. The first kappa shape index (κ1) is 11.7. The maximum absolute atomic E-state index is 10.4. The highest BCUT2D eigenvalue weighted by Crippen LogP contribution is 1.96. The van der Waals surface area contributed by atoms with Gasteiger partial charge in [0.2, 0.25) is 0 Å². The number of carbonyl (C=O) groups is 1. The summed E-state index contributed by atoms with van der Waals surface area (Å²) < 4.78 is 0. The molecule has 2 heterocycles. The summed E-state index contributed by atoms with van der Waals surface area (Å²) in [6.07, 6.45) is 5.74. The van der Waals surface area contributed by atoms with E-state index in [9.17, 15) is 4.79 Å². The summed E-state index contributed by atoms with van der Waals surface area (Å²) in [7, 11) is 0. The van der Waals surface area contributed by atoms with Gasteiger partial charge in [-0.05, 0) is 38.1 Å². The molecule has 0 aliphatic carbocycles. The number of hydrogen-bond acceptors (Lipinski definition) is 3.